The van der Waals surface area contributed by atoms with Gasteiger partial charge in [-0.2, -0.15) is 0 Å². The Morgan fingerprint density at radius 2 is 1.75 bits per heavy atom. The fourth-order valence-electron chi connectivity index (χ4n) is 2.04. The number of nitrogens with zero attached hydrogens (tertiary/aromatic N) is 1. The molecule has 3 rings (SSSR count). The molecule has 98 valence electrons. The van der Waals surface area contributed by atoms with Crippen molar-refractivity contribution in [3.05, 3.63) is 72.2 Å². The van der Waals surface area contributed by atoms with Crippen molar-refractivity contribution in [3.8, 4) is 0 Å². The molecule has 0 atom stereocenters. The molecule has 0 radical (unpaired) electrons. The Balaban J connectivity index is 1.98. The number of benzene rings is 2. The lowest BCUT2D eigenvalue weighted by Crippen LogP contribution is -2.13. The van der Waals surface area contributed by atoms with E-state index in [2.05, 4.69) is 10.3 Å². The number of anilines is 1. The van der Waals surface area contributed by atoms with Crippen LogP contribution < -0.4 is 5.32 Å². The number of nitrogens with one attached hydrogen (secondary N) is 1. The van der Waals surface area contributed by atoms with Crippen LogP contribution in [0.5, 0.6) is 0 Å². The molecule has 0 aliphatic rings. The molecule has 0 unspecified atom stereocenters. The van der Waals surface area contributed by atoms with Gasteiger partial charge in [0, 0.05) is 11.6 Å². The van der Waals surface area contributed by atoms with Crippen LogP contribution in [-0.4, -0.2) is 10.9 Å². The zero-order valence-corrected chi connectivity index (χ0v) is 10.5. The summed E-state index contributed by atoms with van der Waals surface area (Å²) in [7, 11) is 0. The maximum Gasteiger partial charge on any atom is 0.258 e. The predicted molar refractivity (Wildman–Crippen MR) is 76.1 cm³/mol. The van der Waals surface area contributed by atoms with Crippen LogP contribution in [0.25, 0.3) is 10.9 Å². The lowest BCUT2D eigenvalue weighted by Gasteiger charge is -2.08. The van der Waals surface area contributed by atoms with Crippen molar-refractivity contribution in [2.45, 2.75) is 0 Å². The molecule has 0 fully saturated rings. The Kier molecular flexibility index (Phi) is 3.13. The third-order valence-electron chi connectivity index (χ3n) is 3.02. The zero-order chi connectivity index (χ0) is 13.9. The van der Waals surface area contributed by atoms with Gasteiger partial charge < -0.3 is 5.32 Å². The van der Waals surface area contributed by atoms with E-state index >= 15 is 0 Å². The van der Waals surface area contributed by atoms with Crippen LogP contribution in [-0.2, 0) is 0 Å². The van der Waals surface area contributed by atoms with Crippen LogP contribution in [0.4, 0.5) is 10.1 Å². The van der Waals surface area contributed by atoms with E-state index in [1.807, 2.05) is 24.3 Å². The molecule has 2 aromatic carbocycles. The van der Waals surface area contributed by atoms with Gasteiger partial charge in [-0.3, -0.25) is 9.78 Å². The van der Waals surface area contributed by atoms with Crippen molar-refractivity contribution >= 4 is 22.5 Å². The second-order valence-corrected chi connectivity index (χ2v) is 4.31. The molecule has 0 bridgehead atoms. The van der Waals surface area contributed by atoms with Gasteiger partial charge in [0.2, 0.25) is 0 Å². The van der Waals surface area contributed by atoms with Crippen molar-refractivity contribution in [2.75, 3.05) is 5.32 Å². The number of carbonyl (C=O) groups is 1. The standard InChI is InChI=1S/C16H11FN2O/c17-13-7-3-1-5-11(13)16(20)19-15-9-10-18-14-8-4-2-6-12(14)15/h1-10H,(H,18,19,20). The molecule has 1 aromatic heterocycles. The summed E-state index contributed by atoms with van der Waals surface area (Å²) in [5.41, 5.74) is 1.41. The van der Waals surface area contributed by atoms with E-state index in [9.17, 15) is 9.18 Å². The van der Waals surface area contributed by atoms with E-state index in [0.29, 0.717) is 5.69 Å². The van der Waals surface area contributed by atoms with Crippen molar-refractivity contribution in [1.29, 1.82) is 0 Å². The summed E-state index contributed by atoms with van der Waals surface area (Å²) in [5, 5.41) is 3.54. The SMILES string of the molecule is O=C(Nc1ccnc2ccccc12)c1ccccc1F. The number of hydrogen-bond acceptors (Lipinski definition) is 2. The molecule has 3 nitrogen and oxygen atoms in total. The first-order valence-corrected chi connectivity index (χ1v) is 6.15. The van der Waals surface area contributed by atoms with Crippen LogP contribution in [0, 0.1) is 5.82 Å². The van der Waals surface area contributed by atoms with Gasteiger partial charge in [-0.05, 0) is 24.3 Å². The molecule has 1 N–H and O–H groups in total. The van der Waals surface area contributed by atoms with Crippen molar-refractivity contribution in [2.24, 2.45) is 0 Å². The number of hydrogen-bond donors (Lipinski definition) is 1. The lowest BCUT2D eigenvalue weighted by atomic mass is 10.1. The minimum Gasteiger partial charge on any atom is -0.321 e. The van der Waals surface area contributed by atoms with E-state index in [4.69, 9.17) is 0 Å². The topological polar surface area (TPSA) is 42.0 Å². The predicted octanol–water partition coefficient (Wildman–Crippen LogP) is 3.63. The van der Waals surface area contributed by atoms with Gasteiger partial charge >= 0.3 is 0 Å². The average molecular weight is 266 g/mol. The minimum absolute atomic E-state index is 0.0217. The molecule has 0 spiro atoms. The van der Waals surface area contributed by atoms with E-state index in [1.54, 1.807) is 24.4 Å². The summed E-state index contributed by atoms with van der Waals surface area (Å²) in [6, 6.07) is 15.0. The van der Waals surface area contributed by atoms with Gasteiger partial charge in [0.25, 0.3) is 5.91 Å². The maximum absolute atomic E-state index is 13.6. The second-order valence-electron chi connectivity index (χ2n) is 4.31. The number of amides is 1. The Morgan fingerprint density at radius 1 is 1.00 bits per heavy atom. The summed E-state index contributed by atoms with van der Waals surface area (Å²) in [4.78, 5) is 16.3. The van der Waals surface area contributed by atoms with Crippen molar-refractivity contribution in [3.63, 3.8) is 0 Å². The van der Waals surface area contributed by atoms with Gasteiger partial charge in [-0.15, -0.1) is 0 Å². The number of carbonyl (C=O) groups excluding carboxylic acids is 1. The van der Waals surface area contributed by atoms with Crippen LogP contribution in [0.3, 0.4) is 0 Å². The van der Waals surface area contributed by atoms with Crippen LogP contribution in [0.1, 0.15) is 10.4 Å². The Morgan fingerprint density at radius 3 is 2.60 bits per heavy atom. The molecule has 1 amide bonds. The van der Waals surface area contributed by atoms with E-state index in [-0.39, 0.29) is 5.56 Å². The van der Waals surface area contributed by atoms with Gasteiger partial charge in [-0.25, -0.2) is 4.39 Å². The molecule has 0 aliphatic carbocycles. The Labute approximate surface area is 115 Å². The Hall–Kier alpha value is -2.75. The summed E-state index contributed by atoms with van der Waals surface area (Å²) >= 11 is 0. The van der Waals surface area contributed by atoms with Gasteiger partial charge in [0.1, 0.15) is 5.82 Å². The normalized spacial score (nSPS) is 10.4. The Bertz CT molecular complexity index is 781. The summed E-state index contributed by atoms with van der Waals surface area (Å²) < 4.78 is 13.6. The highest BCUT2D eigenvalue weighted by molar-refractivity contribution is 6.08. The molecule has 0 saturated carbocycles. The van der Waals surface area contributed by atoms with Gasteiger partial charge in [0.15, 0.2) is 0 Å². The number of aromatic nitrogens is 1. The summed E-state index contributed by atoms with van der Waals surface area (Å²) in [5.74, 6) is -1.01. The molecule has 0 aliphatic heterocycles. The number of para-hydroxylation sites is 1. The van der Waals surface area contributed by atoms with Crippen LogP contribution >= 0.6 is 0 Å². The number of rotatable bonds is 2. The molecule has 20 heavy (non-hydrogen) atoms. The quantitative estimate of drug-likeness (QED) is 0.769. The van der Waals surface area contributed by atoms with Crippen molar-refractivity contribution < 1.29 is 9.18 Å². The van der Waals surface area contributed by atoms with E-state index in [1.165, 1.54) is 12.1 Å². The second kappa shape index (κ2) is 5.09. The third kappa shape index (κ3) is 2.23. The first kappa shape index (κ1) is 12.3. The molecule has 3 aromatic rings. The van der Waals surface area contributed by atoms with Crippen molar-refractivity contribution in [1.82, 2.24) is 4.98 Å². The van der Waals surface area contributed by atoms with Crippen LogP contribution in [0.15, 0.2) is 60.8 Å². The highest BCUT2D eigenvalue weighted by atomic mass is 19.1. The monoisotopic (exact) mass is 266 g/mol. The molecule has 0 saturated heterocycles. The largest absolute Gasteiger partial charge is 0.321 e. The average Bonchev–Trinajstić information content (AvgIpc) is 2.48. The smallest absolute Gasteiger partial charge is 0.258 e. The van der Waals surface area contributed by atoms with Crippen LogP contribution in [0.2, 0.25) is 0 Å². The molecular formula is C16H11FN2O. The van der Waals surface area contributed by atoms with Gasteiger partial charge in [0.05, 0.1) is 16.8 Å². The van der Waals surface area contributed by atoms with Gasteiger partial charge in [-0.1, -0.05) is 30.3 Å². The fraction of sp³-hybridized carbons (Fsp3) is 0. The fourth-order valence-corrected chi connectivity index (χ4v) is 2.04. The molecule has 4 heteroatoms. The summed E-state index contributed by atoms with van der Waals surface area (Å²) in [6.07, 6.45) is 1.61. The minimum atomic E-state index is -0.539. The highest BCUT2D eigenvalue weighted by Gasteiger charge is 2.12. The van der Waals surface area contributed by atoms with E-state index < -0.39 is 11.7 Å². The third-order valence-corrected chi connectivity index (χ3v) is 3.02. The molecule has 1 heterocycles. The first-order valence-electron chi connectivity index (χ1n) is 6.15. The lowest BCUT2D eigenvalue weighted by molar-refractivity contribution is 0.102. The zero-order valence-electron chi connectivity index (χ0n) is 10.5. The summed E-state index contributed by atoms with van der Waals surface area (Å²) in [6.45, 7) is 0. The first-order chi connectivity index (χ1) is 9.75. The number of fused-ring (bicyclic) bond motifs is 1. The number of pyridine rings is 1. The highest BCUT2D eigenvalue weighted by Crippen LogP contribution is 2.21. The van der Waals surface area contributed by atoms with E-state index in [0.717, 1.165) is 10.9 Å². The molecular weight excluding hydrogens is 255 g/mol. The maximum atomic E-state index is 13.6. The number of halogens is 1.